The number of hydrogen-bond acceptors (Lipinski definition) is 5. The van der Waals surface area contributed by atoms with Gasteiger partial charge in [-0.15, -0.1) is 0 Å². The molecule has 0 aliphatic rings. The van der Waals surface area contributed by atoms with Crippen molar-refractivity contribution in [2.24, 2.45) is 0 Å². The van der Waals surface area contributed by atoms with Crippen LogP contribution in [-0.2, 0) is 0 Å². The average Bonchev–Trinajstić information content (AvgIpc) is 2.79. The van der Waals surface area contributed by atoms with Crippen LogP contribution < -0.4 is 19.5 Å². The van der Waals surface area contributed by atoms with Crippen LogP contribution in [0.4, 0.5) is 5.69 Å². The van der Waals surface area contributed by atoms with Crippen LogP contribution in [0.3, 0.4) is 0 Å². The van der Waals surface area contributed by atoms with Gasteiger partial charge >= 0.3 is 0 Å². The Kier molecular flexibility index (Phi) is 7.36. The summed E-state index contributed by atoms with van der Waals surface area (Å²) < 4.78 is 17.0. The molecular weight excluding hydrogens is 446 g/mol. The normalized spacial score (nSPS) is 11.5. The fourth-order valence-electron chi connectivity index (χ4n) is 3.15. The number of ketones is 1. The summed E-state index contributed by atoms with van der Waals surface area (Å²) in [6.45, 7) is 0. The Morgan fingerprint density at radius 3 is 2.13 bits per heavy atom. The molecule has 30 heavy (non-hydrogen) atoms. The first kappa shape index (κ1) is 21.7. The highest BCUT2D eigenvalue weighted by Crippen LogP contribution is 2.33. The third-order valence-corrected chi connectivity index (χ3v) is 5.33. The number of benzene rings is 3. The zero-order valence-electron chi connectivity index (χ0n) is 17.1. The molecule has 0 aromatic heterocycles. The Hall–Kier alpha value is -2.99. The number of methoxy groups -OCH3 is 3. The van der Waals surface area contributed by atoms with Crippen molar-refractivity contribution in [1.82, 2.24) is 0 Å². The maximum atomic E-state index is 13.0. The van der Waals surface area contributed by atoms with Crippen molar-refractivity contribution in [1.29, 1.82) is 0 Å². The zero-order chi connectivity index (χ0) is 21.5. The summed E-state index contributed by atoms with van der Waals surface area (Å²) in [5.41, 5.74) is 2.48. The van der Waals surface area contributed by atoms with Gasteiger partial charge in [-0.2, -0.15) is 0 Å². The molecule has 3 rings (SSSR count). The van der Waals surface area contributed by atoms with Crippen molar-refractivity contribution >= 4 is 27.4 Å². The molecule has 0 amide bonds. The largest absolute Gasteiger partial charge is 0.497 e. The van der Waals surface area contributed by atoms with Crippen LogP contribution in [0.15, 0.2) is 71.2 Å². The Morgan fingerprint density at radius 1 is 0.867 bits per heavy atom. The first-order valence-corrected chi connectivity index (χ1v) is 10.2. The molecule has 0 bridgehead atoms. The summed E-state index contributed by atoms with van der Waals surface area (Å²) in [6.07, 6.45) is 0.276. The molecule has 1 unspecified atom stereocenters. The molecular formula is C24H24BrNO4. The SMILES string of the molecule is COc1ccc(C(=O)CC(Nc2ccc(Br)cc2)c2ccc(OC)c(OC)c2)cc1. The summed E-state index contributed by atoms with van der Waals surface area (Å²) in [6, 6.07) is 20.4. The molecule has 0 heterocycles. The topological polar surface area (TPSA) is 56.8 Å². The molecule has 6 heteroatoms. The molecule has 0 saturated heterocycles. The van der Waals surface area contributed by atoms with E-state index >= 15 is 0 Å². The lowest BCUT2D eigenvalue weighted by atomic mass is 9.97. The summed E-state index contributed by atoms with van der Waals surface area (Å²) in [7, 11) is 4.80. The number of anilines is 1. The van der Waals surface area contributed by atoms with E-state index in [1.807, 2.05) is 42.5 Å². The third-order valence-electron chi connectivity index (χ3n) is 4.80. The van der Waals surface area contributed by atoms with Crippen molar-refractivity contribution in [3.63, 3.8) is 0 Å². The number of carbonyl (C=O) groups is 1. The molecule has 0 aliphatic carbocycles. The summed E-state index contributed by atoms with van der Waals surface area (Å²) >= 11 is 3.45. The van der Waals surface area contributed by atoms with Crippen molar-refractivity contribution in [3.05, 3.63) is 82.3 Å². The maximum Gasteiger partial charge on any atom is 0.165 e. The fourth-order valence-corrected chi connectivity index (χ4v) is 3.41. The second-order valence-electron chi connectivity index (χ2n) is 6.67. The summed E-state index contributed by atoms with van der Waals surface area (Å²) in [5, 5.41) is 3.47. The van der Waals surface area contributed by atoms with E-state index in [0.717, 1.165) is 21.5 Å². The molecule has 1 N–H and O–H groups in total. The van der Waals surface area contributed by atoms with E-state index < -0.39 is 0 Å². The predicted molar refractivity (Wildman–Crippen MR) is 122 cm³/mol. The van der Waals surface area contributed by atoms with E-state index in [-0.39, 0.29) is 18.2 Å². The van der Waals surface area contributed by atoms with Gasteiger partial charge in [-0.05, 0) is 66.2 Å². The van der Waals surface area contributed by atoms with Crippen LogP contribution in [0.2, 0.25) is 0 Å². The highest BCUT2D eigenvalue weighted by atomic mass is 79.9. The highest BCUT2D eigenvalue weighted by Gasteiger charge is 2.19. The van der Waals surface area contributed by atoms with Gasteiger partial charge < -0.3 is 19.5 Å². The van der Waals surface area contributed by atoms with E-state index in [1.165, 1.54) is 0 Å². The maximum absolute atomic E-state index is 13.0. The quantitative estimate of drug-likeness (QED) is 0.395. The van der Waals surface area contributed by atoms with Crippen molar-refractivity contribution < 1.29 is 19.0 Å². The van der Waals surface area contributed by atoms with Crippen LogP contribution in [0.5, 0.6) is 17.2 Å². The third kappa shape index (κ3) is 5.33. The van der Waals surface area contributed by atoms with Crippen LogP contribution >= 0.6 is 15.9 Å². The second kappa shape index (κ2) is 10.2. The minimum Gasteiger partial charge on any atom is -0.497 e. The van der Waals surface area contributed by atoms with Crippen LogP contribution in [0.1, 0.15) is 28.4 Å². The van der Waals surface area contributed by atoms with Crippen LogP contribution in [0.25, 0.3) is 0 Å². The minimum atomic E-state index is -0.249. The molecule has 5 nitrogen and oxygen atoms in total. The molecule has 0 saturated carbocycles. The predicted octanol–water partition coefficient (Wildman–Crippen LogP) is 5.90. The smallest absolute Gasteiger partial charge is 0.165 e. The number of ether oxygens (including phenoxy) is 3. The first-order valence-electron chi connectivity index (χ1n) is 9.45. The van der Waals surface area contributed by atoms with E-state index in [2.05, 4.69) is 21.2 Å². The number of halogens is 1. The first-order chi connectivity index (χ1) is 14.5. The molecule has 1 atom stereocenters. The Balaban J connectivity index is 1.90. The van der Waals surface area contributed by atoms with Gasteiger partial charge in [0.25, 0.3) is 0 Å². The van der Waals surface area contributed by atoms with Crippen molar-refractivity contribution in [2.75, 3.05) is 26.6 Å². The molecule has 3 aromatic carbocycles. The Bertz CT molecular complexity index is 987. The van der Waals surface area contributed by atoms with Gasteiger partial charge in [0.15, 0.2) is 17.3 Å². The number of hydrogen-bond donors (Lipinski definition) is 1. The molecule has 0 aliphatic heterocycles. The van der Waals surface area contributed by atoms with Gasteiger partial charge in [0.05, 0.1) is 27.4 Å². The molecule has 0 spiro atoms. The van der Waals surface area contributed by atoms with Crippen LogP contribution in [0, 0.1) is 0 Å². The van der Waals surface area contributed by atoms with Gasteiger partial charge in [-0.1, -0.05) is 22.0 Å². The van der Waals surface area contributed by atoms with E-state index in [1.54, 1.807) is 45.6 Å². The highest BCUT2D eigenvalue weighted by molar-refractivity contribution is 9.10. The lowest BCUT2D eigenvalue weighted by molar-refractivity contribution is 0.0976. The van der Waals surface area contributed by atoms with E-state index in [0.29, 0.717) is 17.1 Å². The number of rotatable bonds is 9. The number of nitrogens with one attached hydrogen (secondary N) is 1. The fraction of sp³-hybridized carbons (Fsp3) is 0.208. The van der Waals surface area contributed by atoms with Gasteiger partial charge in [0.2, 0.25) is 0 Å². The number of Topliss-reactive ketones (excluding diaryl/α,β-unsaturated/α-hetero) is 1. The van der Waals surface area contributed by atoms with Crippen LogP contribution in [-0.4, -0.2) is 27.1 Å². The Labute approximate surface area is 185 Å². The van der Waals surface area contributed by atoms with Gasteiger partial charge in [-0.25, -0.2) is 0 Å². The lowest BCUT2D eigenvalue weighted by Crippen LogP contribution is -2.16. The van der Waals surface area contributed by atoms with E-state index in [9.17, 15) is 4.79 Å². The molecule has 0 radical (unpaired) electrons. The summed E-state index contributed by atoms with van der Waals surface area (Å²) in [5.74, 6) is 2.01. The van der Waals surface area contributed by atoms with Gasteiger partial charge in [-0.3, -0.25) is 4.79 Å². The Morgan fingerprint density at radius 2 is 1.53 bits per heavy atom. The minimum absolute atomic E-state index is 0.0297. The standard InChI is InChI=1S/C24H24BrNO4/c1-28-20-11-4-16(5-12-20)22(27)15-21(26-19-9-7-18(25)8-10-19)17-6-13-23(29-2)24(14-17)30-3/h4-14,21,26H,15H2,1-3H3. The number of carbonyl (C=O) groups excluding carboxylic acids is 1. The molecule has 0 fully saturated rings. The van der Waals surface area contributed by atoms with Crippen molar-refractivity contribution in [3.8, 4) is 17.2 Å². The summed E-state index contributed by atoms with van der Waals surface area (Å²) in [4.78, 5) is 13.0. The zero-order valence-corrected chi connectivity index (χ0v) is 18.7. The van der Waals surface area contributed by atoms with Gasteiger partial charge in [0, 0.05) is 22.1 Å². The molecule has 156 valence electrons. The van der Waals surface area contributed by atoms with E-state index in [4.69, 9.17) is 14.2 Å². The van der Waals surface area contributed by atoms with Crippen molar-refractivity contribution in [2.45, 2.75) is 12.5 Å². The average molecular weight is 470 g/mol. The van der Waals surface area contributed by atoms with Gasteiger partial charge in [0.1, 0.15) is 5.75 Å². The lowest BCUT2D eigenvalue weighted by Gasteiger charge is -2.21. The second-order valence-corrected chi connectivity index (χ2v) is 7.59. The monoisotopic (exact) mass is 469 g/mol. The molecule has 3 aromatic rings.